The van der Waals surface area contributed by atoms with Gasteiger partial charge in [0.05, 0.1) is 0 Å². The molecular weight excluding hydrogens is 232 g/mol. The smallest absolute Gasteiger partial charge is 0.250 e. The van der Waals surface area contributed by atoms with Crippen LogP contribution in [-0.2, 0) is 10.0 Å². The van der Waals surface area contributed by atoms with Crippen molar-refractivity contribution >= 4 is 21.4 Å². The largest absolute Gasteiger partial charge is 0.313 e. The number of hydrogen-bond donors (Lipinski definition) is 2. The third-order valence-corrected chi connectivity index (χ3v) is 4.59. The van der Waals surface area contributed by atoms with E-state index in [2.05, 4.69) is 10.0 Å². The lowest BCUT2D eigenvalue weighted by Gasteiger charge is -2.08. The molecule has 0 aliphatic carbocycles. The standard InChI is InChI=1S/C9H16N2O2S2/c1-8(2)10-5-6-11-15(12,13)9-4-3-7-14-9/h3-4,7-8,10-11H,5-6H2,1-2H3. The van der Waals surface area contributed by atoms with Crippen molar-refractivity contribution in [1.29, 1.82) is 0 Å². The molecule has 0 aliphatic heterocycles. The van der Waals surface area contributed by atoms with Crippen molar-refractivity contribution in [3.05, 3.63) is 17.5 Å². The van der Waals surface area contributed by atoms with E-state index in [4.69, 9.17) is 0 Å². The quantitative estimate of drug-likeness (QED) is 0.739. The fourth-order valence-electron chi connectivity index (χ4n) is 1.03. The maximum atomic E-state index is 11.6. The molecule has 0 saturated carbocycles. The Kier molecular flexibility index (Phi) is 4.72. The minimum Gasteiger partial charge on any atom is -0.313 e. The van der Waals surface area contributed by atoms with Crippen LogP contribution in [0, 0.1) is 0 Å². The molecule has 15 heavy (non-hydrogen) atoms. The Morgan fingerprint density at radius 2 is 2.13 bits per heavy atom. The molecule has 0 bridgehead atoms. The molecule has 0 fully saturated rings. The average molecular weight is 248 g/mol. The minimum absolute atomic E-state index is 0.368. The molecule has 0 unspecified atom stereocenters. The number of thiophene rings is 1. The molecule has 4 nitrogen and oxygen atoms in total. The lowest BCUT2D eigenvalue weighted by Crippen LogP contribution is -2.34. The van der Waals surface area contributed by atoms with Gasteiger partial charge in [-0.05, 0) is 11.4 Å². The van der Waals surface area contributed by atoms with Crippen LogP contribution >= 0.6 is 11.3 Å². The van der Waals surface area contributed by atoms with Gasteiger partial charge in [0.1, 0.15) is 4.21 Å². The molecule has 86 valence electrons. The zero-order valence-electron chi connectivity index (χ0n) is 8.86. The van der Waals surface area contributed by atoms with Crippen LogP contribution in [0.2, 0.25) is 0 Å². The Morgan fingerprint density at radius 3 is 2.67 bits per heavy atom. The van der Waals surface area contributed by atoms with Gasteiger partial charge >= 0.3 is 0 Å². The summed E-state index contributed by atoms with van der Waals surface area (Å²) < 4.78 is 26.1. The van der Waals surface area contributed by atoms with Crippen molar-refractivity contribution in [3.8, 4) is 0 Å². The average Bonchev–Trinajstić information content (AvgIpc) is 2.65. The third-order valence-electron chi connectivity index (χ3n) is 1.73. The van der Waals surface area contributed by atoms with Gasteiger partial charge < -0.3 is 5.32 Å². The summed E-state index contributed by atoms with van der Waals surface area (Å²) in [5.74, 6) is 0. The van der Waals surface area contributed by atoms with Gasteiger partial charge in [0, 0.05) is 19.1 Å². The number of nitrogens with one attached hydrogen (secondary N) is 2. The maximum Gasteiger partial charge on any atom is 0.250 e. The van der Waals surface area contributed by atoms with E-state index in [9.17, 15) is 8.42 Å². The number of hydrogen-bond acceptors (Lipinski definition) is 4. The maximum absolute atomic E-state index is 11.6. The Hall–Kier alpha value is -0.430. The zero-order valence-corrected chi connectivity index (χ0v) is 10.5. The molecular formula is C9H16N2O2S2. The highest BCUT2D eigenvalue weighted by Gasteiger charge is 2.13. The fourth-order valence-corrected chi connectivity index (χ4v) is 3.10. The van der Waals surface area contributed by atoms with Crippen molar-refractivity contribution in [2.75, 3.05) is 13.1 Å². The molecule has 0 aromatic carbocycles. The van der Waals surface area contributed by atoms with Crippen LogP contribution in [0.4, 0.5) is 0 Å². The van der Waals surface area contributed by atoms with E-state index < -0.39 is 10.0 Å². The molecule has 1 aromatic heterocycles. The summed E-state index contributed by atoms with van der Waals surface area (Å²) in [5, 5.41) is 4.89. The Morgan fingerprint density at radius 1 is 1.40 bits per heavy atom. The molecule has 0 atom stereocenters. The topological polar surface area (TPSA) is 58.2 Å². The van der Waals surface area contributed by atoms with Gasteiger partial charge in [0.25, 0.3) is 0 Å². The highest BCUT2D eigenvalue weighted by atomic mass is 32.2. The molecule has 1 rings (SSSR count). The van der Waals surface area contributed by atoms with Gasteiger partial charge in [-0.1, -0.05) is 19.9 Å². The van der Waals surface area contributed by atoms with E-state index in [1.807, 2.05) is 13.8 Å². The second-order valence-corrected chi connectivity index (χ2v) is 6.38. The number of rotatable bonds is 6. The fraction of sp³-hybridized carbons (Fsp3) is 0.556. The lowest BCUT2D eigenvalue weighted by molar-refractivity contribution is 0.561. The van der Waals surface area contributed by atoms with Crippen LogP contribution in [0.15, 0.2) is 21.7 Å². The van der Waals surface area contributed by atoms with Gasteiger partial charge in [-0.25, -0.2) is 13.1 Å². The van der Waals surface area contributed by atoms with E-state index in [0.29, 0.717) is 23.3 Å². The van der Waals surface area contributed by atoms with Gasteiger partial charge in [-0.2, -0.15) is 0 Å². The molecule has 0 amide bonds. The Bertz CT molecular complexity index is 371. The molecule has 0 spiro atoms. The van der Waals surface area contributed by atoms with Crippen molar-refractivity contribution in [1.82, 2.24) is 10.0 Å². The number of sulfonamides is 1. The molecule has 0 radical (unpaired) electrons. The van der Waals surface area contributed by atoms with Crippen molar-refractivity contribution < 1.29 is 8.42 Å². The first-order valence-electron chi connectivity index (χ1n) is 4.79. The zero-order chi connectivity index (χ0) is 11.3. The highest BCUT2D eigenvalue weighted by molar-refractivity contribution is 7.91. The van der Waals surface area contributed by atoms with Crippen LogP contribution < -0.4 is 10.0 Å². The first-order chi connectivity index (χ1) is 7.02. The summed E-state index contributed by atoms with van der Waals surface area (Å²) >= 11 is 1.22. The van der Waals surface area contributed by atoms with E-state index in [1.54, 1.807) is 17.5 Å². The first kappa shape index (κ1) is 12.6. The van der Waals surface area contributed by atoms with Crippen LogP contribution in [0.3, 0.4) is 0 Å². The lowest BCUT2D eigenvalue weighted by atomic mass is 10.4. The molecule has 0 saturated heterocycles. The molecule has 1 aromatic rings. The summed E-state index contributed by atoms with van der Waals surface area (Å²) in [6, 6.07) is 3.70. The van der Waals surface area contributed by atoms with Gasteiger partial charge in [-0.3, -0.25) is 0 Å². The van der Waals surface area contributed by atoms with Crippen LogP contribution in [-0.4, -0.2) is 27.5 Å². The van der Waals surface area contributed by atoms with Gasteiger partial charge in [0.15, 0.2) is 0 Å². The Labute approximate surface area is 94.8 Å². The normalized spacial score (nSPS) is 12.2. The second-order valence-electron chi connectivity index (χ2n) is 3.44. The predicted molar refractivity (Wildman–Crippen MR) is 62.6 cm³/mol. The summed E-state index contributed by atoms with van der Waals surface area (Å²) in [6.07, 6.45) is 0. The summed E-state index contributed by atoms with van der Waals surface area (Å²) in [6.45, 7) is 5.10. The van der Waals surface area contributed by atoms with Crippen LogP contribution in [0.1, 0.15) is 13.8 Å². The highest BCUT2D eigenvalue weighted by Crippen LogP contribution is 2.14. The molecule has 2 N–H and O–H groups in total. The third kappa shape index (κ3) is 4.29. The monoisotopic (exact) mass is 248 g/mol. The van der Waals surface area contributed by atoms with Crippen LogP contribution in [0.25, 0.3) is 0 Å². The van der Waals surface area contributed by atoms with E-state index >= 15 is 0 Å². The van der Waals surface area contributed by atoms with E-state index in [0.717, 1.165) is 0 Å². The SMILES string of the molecule is CC(C)NCCNS(=O)(=O)c1cccs1. The van der Waals surface area contributed by atoms with E-state index in [-0.39, 0.29) is 0 Å². The van der Waals surface area contributed by atoms with Crippen molar-refractivity contribution in [3.63, 3.8) is 0 Å². The summed E-state index contributed by atoms with van der Waals surface area (Å²) in [5.41, 5.74) is 0. The molecule has 0 aliphatic rings. The molecule has 6 heteroatoms. The van der Waals surface area contributed by atoms with Gasteiger partial charge in [0.2, 0.25) is 10.0 Å². The minimum atomic E-state index is -3.29. The van der Waals surface area contributed by atoms with E-state index in [1.165, 1.54) is 11.3 Å². The van der Waals surface area contributed by atoms with Crippen molar-refractivity contribution in [2.24, 2.45) is 0 Å². The predicted octanol–water partition coefficient (Wildman–Crippen LogP) is 1.02. The van der Waals surface area contributed by atoms with Gasteiger partial charge in [-0.15, -0.1) is 11.3 Å². The molecule has 1 heterocycles. The van der Waals surface area contributed by atoms with Crippen LogP contribution in [0.5, 0.6) is 0 Å². The summed E-state index contributed by atoms with van der Waals surface area (Å²) in [7, 11) is -3.29. The summed E-state index contributed by atoms with van der Waals surface area (Å²) in [4.78, 5) is 0. The second kappa shape index (κ2) is 5.60. The first-order valence-corrected chi connectivity index (χ1v) is 7.15. The Balaban J connectivity index is 2.39. The van der Waals surface area contributed by atoms with Crippen molar-refractivity contribution in [2.45, 2.75) is 24.1 Å².